The van der Waals surface area contributed by atoms with Crippen molar-refractivity contribution in [2.45, 2.75) is 11.1 Å². The maximum Gasteiger partial charge on any atom is 0.453 e. The molecular weight excluding hydrogens is 361 g/mol. The van der Waals surface area contributed by atoms with Crippen LogP contribution in [0.5, 0.6) is 0 Å². The van der Waals surface area contributed by atoms with Crippen molar-refractivity contribution in [1.29, 1.82) is 0 Å². The van der Waals surface area contributed by atoms with Gasteiger partial charge in [0, 0.05) is 16.5 Å². The van der Waals surface area contributed by atoms with Gasteiger partial charge in [-0.05, 0) is 30.5 Å². The monoisotopic (exact) mass is 371 g/mol. The third-order valence-corrected chi connectivity index (χ3v) is 4.09. The Bertz CT molecular complexity index is 920. The Labute approximate surface area is 143 Å². The number of rotatable bonds is 3. The minimum Gasteiger partial charge on any atom is -0.213 e. The molecule has 0 radical (unpaired) electrons. The quantitative estimate of drug-likeness (QED) is 0.482. The van der Waals surface area contributed by atoms with Gasteiger partial charge < -0.3 is 0 Å². The van der Waals surface area contributed by atoms with E-state index in [0.717, 1.165) is 34.6 Å². The molecule has 1 heterocycles. The minimum atomic E-state index is -4.79. The molecule has 0 aliphatic heterocycles. The highest BCUT2D eigenvalue weighted by Crippen LogP contribution is 2.31. The second-order valence-electron chi connectivity index (χ2n) is 5.00. The highest BCUT2D eigenvalue weighted by Gasteiger charge is 2.37. The van der Waals surface area contributed by atoms with Crippen LogP contribution in [0.1, 0.15) is 5.82 Å². The highest BCUT2D eigenvalue weighted by molar-refractivity contribution is 7.98. The van der Waals surface area contributed by atoms with Gasteiger partial charge in [0.25, 0.3) is 5.82 Å². The molecule has 25 heavy (non-hydrogen) atoms. The Morgan fingerprint density at radius 1 is 1.04 bits per heavy atom. The lowest BCUT2D eigenvalue weighted by Crippen LogP contribution is -2.08. The average Bonchev–Trinajstić information content (AvgIpc) is 3.00. The molecule has 1 aromatic heterocycles. The van der Waals surface area contributed by atoms with Gasteiger partial charge in [-0.25, -0.2) is 18.4 Å². The molecule has 0 atom stereocenters. The van der Waals surface area contributed by atoms with Gasteiger partial charge >= 0.3 is 6.18 Å². The van der Waals surface area contributed by atoms with E-state index in [0.29, 0.717) is 4.90 Å². The third-order valence-electron chi connectivity index (χ3n) is 3.32. The molecule has 0 amide bonds. The van der Waals surface area contributed by atoms with E-state index >= 15 is 0 Å². The molecule has 3 rings (SSSR count). The van der Waals surface area contributed by atoms with Crippen molar-refractivity contribution < 1.29 is 22.0 Å². The van der Waals surface area contributed by atoms with Crippen molar-refractivity contribution in [3.63, 3.8) is 0 Å². The number of aromatic nitrogens is 3. The van der Waals surface area contributed by atoms with E-state index in [2.05, 4.69) is 10.1 Å². The molecular formula is C16H10F5N3S. The van der Waals surface area contributed by atoms with E-state index in [1.165, 1.54) is 24.3 Å². The molecule has 3 nitrogen and oxygen atoms in total. The summed E-state index contributed by atoms with van der Waals surface area (Å²) in [5.41, 5.74) is 0.148. The lowest BCUT2D eigenvalue weighted by Gasteiger charge is -2.08. The summed E-state index contributed by atoms with van der Waals surface area (Å²) in [6.07, 6.45) is -3.11. The fraction of sp³-hybridized carbons (Fsp3) is 0.125. The SMILES string of the molecule is CSc1ccc(-n2nc(C(F)(F)F)nc2-c2cccc(F)c2)cc1F. The van der Waals surface area contributed by atoms with E-state index < -0.39 is 23.6 Å². The van der Waals surface area contributed by atoms with Gasteiger partial charge in [0.15, 0.2) is 5.82 Å². The predicted octanol–water partition coefficient (Wildman–Crippen LogP) is 4.95. The summed E-state index contributed by atoms with van der Waals surface area (Å²) in [4.78, 5) is 3.81. The number of alkyl halides is 3. The number of halogens is 5. The van der Waals surface area contributed by atoms with Crippen molar-refractivity contribution >= 4 is 11.8 Å². The van der Waals surface area contributed by atoms with Gasteiger partial charge in [-0.2, -0.15) is 13.2 Å². The van der Waals surface area contributed by atoms with Gasteiger partial charge in [-0.1, -0.05) is 12.1 Å². The van der Waals surface area contributed by atoms with Gasteiger partial charge in [0.2, 0.25) is 0 Å². The standard InChI is InChI=1S/C16H10F5N3S/c1-25-13-6-5-11(8-12(13)18)24-14(9-3-2-4-10(17)7-9)22-15(23-24)16(19,20)21/h2-8H,1H3. The predicted molar refractivity (Wildman–Crippen MR) is 83.5 cm³/mol. The van der Waals surface area contributed by atoms with Crippen LogP contribution >= 0.6 is 11.8 Å². The molecule has 0 N–H and O–H groups in total. The Kier molecular flexibility index (Phi) is 4.51. The van der Waals surface area contributed by atoms with Gasteiger partial charge in [0.1, 0.15) is 11.6 Å². The molecule has 0 saturated heterocycles. The minimum absolute atomic E-state index is 0.0533. The number of nitrogens with zero attached hydrogens (tertiary/aromatic N) is 3. The zero-order valence-electron chi connectivity index (χ0n) is 12.7. The molecule has 0 bridgehead atoms. The molecule has 3 aromatic rings. The van der Waals surface area contributed by atoms with Crippen molar-refractivity contribution in [3.05, 3.63) is 59.9 Å². The van der Waals surface area contributed by atoms with E-state index in [1.54, 1.807) is 6.26 Å². The van der Waals surface area contributed by atoms with E-state index in [1.807, 2.05) is 0 Å². The zero-order valence-corrected chi connectivity index (χ0v) is 13.5. The first-order valence-corrected chi connectivity index (χ1v) is 8.16. The molecule has 0 fully saturated rings. The van der Waals surface area contributed by atoms with Gasteiger partial charge in [-0.15, -0.1) is 16.9 Å². The second-order valence-corrected chi connectivity index (χ2v) is 5.85. The van der Waals surface area contributed by atoms with Gasteiger partial charge in [0.05, 0.1) is 5.69 Å². The van der Waals surface area contributed by atoms with Crippen LogP contribution in [0.25, 0.3) is 17.1 Å². The van der Waals surface area contributed by atoms with Crippen LogP contribution < -0.4 is 0 Å². The Morgan fingerprint density at radius 2 is 1.80 bits per heavy atom. The number of benzene rings is 2. The third kappa shape index (κ3) is 3.51. The molecule has 0 aliphatic carbocycles. The lowest BCUT2D eigenvalue weighted by molar-refractivity contribution is -0.144. The molecule has 130 valence electrons. The summed E-state index contributed by atoms with van der Waals surface area (Å²) in [7, 11) is 0. The van der Waals surface area contributed by atoms with Crippen LogP contribution in [-0.4, -0.2) is 21.0 Å². The van der Waals surface area contributed by atoms with Crippen molar-refractivity contribution in [2.24, 2.45) is 0 Å². The fourth-order valence-corrected chi connectivity index (χ4v) is 2.67. The van der Waals surface area contributed by atoms with Crippen LogP contribution in [0.15, 0.2) is 47.4 Å². The van der Waals surface area contributed by atoms with Gasteiger partial charge in [-0.3, -0.25) is 0 Å². The first kappa shape index (κ1) is 17.4. The summed E-state index contributed by atoms with van der Waals surface area (Å²) < 4.78 is 67.3. The first-order valence-electron chi connectivity index (χ1n) is 6.93. The summed E-state index contributed by atoms with van der Waals surface area (Å²) >= 11 is 1.16. The topological polar surface area (TPSA) is 30.7 Å². The molecule has 9 heteroatoms. The van der Waals surface area contributed by atoms with Crippen LogP contribution in [0, 0.1) is 11.6 Å². The molecule has 2 aromatic carbocycles. The fourth-order valence-electron chi connectivity index (χ4n) is 2.21. The Morgan fingerprint density at radius 3 is 2.40 bits per heavy atom. The molecule has 0 aliphatic rings. The Hall–Kier alpha value is -2.42. The smallest absolute Gasteiger partial charge is 0.213 e. The highest BCUT2D eigenvalue weighted by atomic mass is 32.2. The van der Waals surface area contributed by atoms with Crippen molar-refractivity contribution in [2.75, 3.05) is 6.26 Å². The number of hydrogen-bond donors (Lipinski definition) is 0. The van der Waals surface area contributed by atoms with Crippen LogP contribution in [0.3, 0.4) is 0 Å². The molecule has 0 unspecified atom stereocenters. The lowest BCUT2D eigenvalue weighted by atomic mass is 10.2. The van der Waals surface area contributed by atoms with E-state index in [4.69, 9.17) is 0 Å². The number of thioether (sulfide) groups is 1. The van der Waals surface area contributed by atoms with Crippen molar-refractivity contribution in [3.8, 4) is 17.1 Å². The average molecular weight is 371 g/mol. The summed E-state index contributed by atoms with van der Waals surface area (Å²) in [5, 5.41) is 3.44. The second kappa shape index (κ2) is 6.47. The summed E-state index contributed by atoms with van der Waals surface area (Å²) in [6, 6.07) is 8.84. The maximum atomic E-state index is 14.0. The van der Waals surface area contributed by atoms with E-state index in [-0.39, 0.29) is 17.1 Å². The molecule has 0 spiro atoms. The normalized spacial score (nSPS) is 11.8. The number of hydrogen-bond acceptors (Lipinski definition) is 3. The first-order chi connectivity index (χ1) is 11.8. The van der Waals surface area contributed by atoms with Crippen LogP contribution in [0.2, 0.25) is 0 Å². The molecule has 0 saturated carbocycles. The summed E-state index contributed by atoms with van der Waals surface area (Å²) in [5.74, 6) is -2.85. The van der Waals surface area contributed by atoms with Crippen molar-refractivity contribution in [1.82, 2.24) is 14.8 Å². The zero-order chi connectivity index (χ0) is 18.2. The van der Waals surface area contributed by atoms with E-state index in [9.17, 15) is 22.0 Å². The maximum absolute atomic E-state index is 14.0. The Balaban J connectivity index is 2.21. The largest absolute Gasteiger partial charge is 0.453 e. The van der Waals surface area contributed by atoms with Crippen LogP contribution in [0.4, 0.5) is 22.0 Å². The van der Waals surface area contributed by atoms with Crippen LogP contribution in [-0.2, 0) is 6.18 Å². The summed E-state index contributed by atoms with van der Waals surface area (Å²) in [6.45, 7) is 0.